The number of nitrogens with zero attached hydrogens (tertiary/aromatic N) is 4. The van der Waals surface area contributed by atoms with Crippen LogP contribution in [0.4, 0.5) is 5.13 Å². The minimum absolute atomic E-state index is 0.506. The maximum absolute atomic E-state index is 4.61. The third kappa shape index (κ3) is 2.99. The largest absolute Gasteiger partial charge is 0.343 e. The number of aryl methyl sites for hydroxylation is 1. The Morgan fingerprint density at radius 3 is 2.95 bits per heavy atom. The summed E-state index contributed by atoms with van der Waals surface area (Å²) in [4.78, 5) is 13.7. The van der Waals surface area contributed by atoms with Crippen LogP contribution >= 0.6 is 11.3 Å². The first-order valence-corrected chi connectivity index (χ1v) is 7.90. The zero-order valence-corrected chi connectivity index (χ0v) is 12.8. The van der Waals surface area contributed by atoms with Gasteiger partial charge in [0.15, 0.2) is 5.13 Å². The maximum Gasteiger partial charge on any atom is 0.185 e. The Hall–Kier alpha value is -1.46. The van der Waals surface area contributed by atoms with Crippen molar-refractivity contribution in [1.29, 1.82) is 0 Å². The van der Waals surface area contributed by atoms with Gasteiger partial charge in [-0.25, -0.2) is 4.98 Å². The van der Waals surface area contributed by atoms with Crippen molar-refractivity contribution >= 4 is 16.5 Å². The van der Waals surface area contributed by atoms with E-state index >= 15 is 0 Å². The van der Waals surface area contributed by atoms with Crippen LogP contribution in [0.2, 0.25) is 0 Å². The Morgan fingerprint density at radius 1 is 1.40 bits per heavy atom. The van der Waals surface area contributed by atoms with Crippen LogP contribution in [-0.4, -0.2) is 40.5 Å². The van der Waals surface area contributed by atoms with Gasteiger partial charge in [-0.05, 0) is 25.5 Å². The van der Waals surface area contributed by atoms with Crippen molar-refractivity contribution in [3.8, 4) is 0 Å². The summed E-state index contributed by atoms with van der Waals surface area (Å²) in [5.41, 5.74) is 2.41. The highest BCUT2D eigenvalue weighted by molar-refractivity contribution is 7.13. The molecule has 2 aromatic heterocycles. The Balaban J connectivity index is 1.62. The fourth-order valence-electron chi connectivity index (χ4n) is 2.68. The van der Waals surface area contributed by atoms with Crippen LogP contribution in [0.1, 0.15) is 18.2 Å². The lowest BCUT2D eigenvalue weighted by Crippen LogP contribution is -2.51. The summed E-state index contributed by atoms with van der Waals surface area (Å²) < 4.78 is 0. The van der Waals surface area contributed by atoms with Gasteiger partial charge < -0.3 is 4.90 Å². The summed E-state index contributed by atoms with van der Waals surface area (Å²) in [6.07, 6.45) is 3.79. The molecule has 3 heterocycles. The fourth-order valence-corrected chi connectivity index (χ4v) is 3.62. The minimum atomic E-state index is 0.506. The lowest BCUT2D eigenvalue weighted by Gasteiger charge is -2.39. The first kappa shape index (κ1) is 13.5. The van der Waals surface area contributed by atoms with Crippen molar-refractivity contribution in [2.45, 2.75) is 26.4 Å². The molecule has 1 fully saturated rings. The molecule has 0 radical (unpaired) electrons. The van der Waals surface area contributed by atoms with Crippen molar-refractivity contribution in [1.82, 2.24) is 14.9 Å². The molecule has 0 spiro atoms. The van der Waals surface area contributed by atoms with Crippen molar-refractivity contribution < 1.29 is 0 Å². The van der Waals surface area contributed by atoms with E-state index in [1.54, 1.807) is 11.3 Å². The molecule has 1 aliphatic rings. The van der Waals surface area contributed by atoms with Crippen LogP contribution in [0.3, 0.4) is 0 Å². The molecule has 20 heavy (non-hydrogen) atoms. The molecular formula is C15H20N4S. The molecule has 2 aromatic rings. The molecular weight excluding hydrogens is 268 g/mol. The summed E-state index contributed by atoms with van der Waals surface area (Å²) in [7, 11) is 0. The highest BCUT2D eigenvalue weighted by Crippen LogP contribution is 2.24. The summed E-state index contributed by atoms with van der Waals surface area (Å²) in [5, 5.41) is 3.29. The second kappa shape index (κ2) is 5.89. The Kier molecular flexibility index (Phi) is 3.98. The molecule has 0 amide bonds. The van der Waals surface area contributed by atoms with Crippen LogP contribution in [0.5, 0.6) is 0 Å². The summed E-state index contributed by atoms with van der Waals surface area (Å²) in [5.74, 6) is 0. The highest BCUT2D eigenvalue weighted by Gasteiger charge is 2.25. The fraction of sp³-hybridized carbons (Fsp3) is 0.467. The van der Waals surface area contributed by atoms with Gasteiger partial charge in [0, 0.05) is 50.0 Å². The predicted molar refractivity (Wildman–Crippen MR) is 83.2 cm³/mol. The van der Waals surface area contributed by atoms with Crippen molar-refractivity contribution in [2.24, 2.45) is 0 Å². The maximum atomic E-state index is 4.61. The van der Waals surface area contributed by atoms with Crippen molar-refractivity contribution in [3.63, 3.8) is 0 Å². The van der Waals surface area contributed by atoms with Crippen LogP contribution < -0.4 is 4.90 Å². The van der Waals surface area contributed by atoms with E-state index in [1.807, 2.05) is 18.5 Å². The van der Waals surface area contributed by atoms with Crippen LogP contribution in [0, 0.1) is 6.92 Å². The number of hydrogen-bond acceptors (Lipinski definition) is 5. The van der Waals surface area contributed by atoms with Gasteiger partial charge in [0.2, 0.25) is 0 Å². The molecule has 0 aliphatic carbocycles. The molecule has 0 unspecified atom stereocenters. The molecule has 106 valence electrons. The number of pyridine rings is 1. The third-order valence-corrected chi connectivity index (χ3v) is 4.69. The molecule has 0 N–H and O–H groups in total. The topological polar surface area (TPSA) is 32.3 Å². The zero-order chi connectivity index (χ0) is 13.9. The minimum Gasteiger partial charge on any atom is -0.343 e. The van der Waals surface area contributed by atoms with E-state index in [0.29, 0.717) is 6.04 Å². The van der Waals surface area contributed by atoms with Gasteiger partial charge in [0.05, 0.1) is 5.69 Å². The Labute approximate surface area is 124 Å². The van der Waals surface area contributed by atoms with Gasteiger partial charge in [-0.15, -0.1) is 11.3 Å². The van der Waals surface area contributed by atoms with E-state index in [1.165, 1.54) is 5.56 Å². The van der Waals surface area contributed by atoms with E-state index in [2.05, 4.69) is 45.1 Å². The highest BCUT2D eigenvalue weighted by atomic mass is 32.1. The van der Waals surface area contributed by atoms with Crippen molar-refractivity contribution in [2.75, 3.05) is 24.5 Å². The number of anilines is 1. The quantitative estimate of drug-likeness (QED) is 0.869. The number of piperazine rings is 1. The molecule has 0 aromatic carbocycles. The molecule has 1 aliphatic heterocycles. The van der Waals surface area contributed by atoms with Gasteiger partial charge in [-0.2, -0.15) is 0 Å². The SMILES string of the molecule is Cc1csc(N2CCN(Cc3cccnc3)C[C@@H]2C)n1. The second-order valence-corrected chi connectivity index (χ2v) is 6.25. The average molecular weight is 288 g/mol. The zero-order valence-electron chi connectivity index (χ0n) is 12.0. The average Bonchev–Trinajstić information content (AvgIpc) is 2.86. The van der Waals surface area contributed by atoms with Crippen molar-refractivity contribution in [3.05, 3.63) is 41.2 Å². The number of aromatic nitrogens is 2. The molecule has 4 nitrogen and oxygen atoms in total. The summed E-state index contributed by atoms with van der Waals surface area (Å²) >= 11 is 1.75. The number of rotatable bonds is 3. The van der Waals surface area contributed by atoms with Gasteiger partial charge in [0.25, 0.3) is 0 Å². The van der Waals surface area contributed by atoms with Gasteiger partial charge in [-0.3, -0.25) is 9.88 Å². The van der Waals surface area contributed by atoms with Crippen LogP contribution in [0.15, 0.2) is 29.9 Å². The first-order chi connectivity index (χ1) is 9.72. The predicted octanol–water partition coefficient (Wildman–Crippen LogP) is 2.56. The Bertz CT molecular complexity index is 554. The lowest BCUT2D eigenvalue weighted by molar-refractivity contribution is 0.220. The molecule has 5 heteroatoms. The molecule has 1 saturated heterocycles. The third-order valence-electron chi connectivity index (χ3n) is 3.69. The van der Waals surface area contributed by atoms with Crippen LogP contribution in [0.25, 0.3) is 0 Å². The monoisotopic (exact) mass is 288 g/mol. The first-order valence-electron chi connectivity index (χ1n) is 7.02. The summed E-state index contributed by atoms with van der Waals surface area (Å²) in [6.45, 7) is 8.54. The molecule has 1 atom stereocenters. The van der Waals surface area contributed by atoms with Crippen LogP contribution in [-0.2, 0) is 6.54 Å². The standard InChI is InChI=1S/C15H20N4S/c1-12-11-20-15(17-12)19-7-6-18(9-13(19)2)10-14-4-3-5-16-8-14/h3-5,8,11,13H,6-7,9-10H2,1-2H3/t13-/m0/s1. The van der Waals surface area contributed by atoms with Gasteiger partial charge >= 0.3 is 0 Å². The molecule has 3 rings (SSSR count). The van der Waals surface area contributed by atoms with Gasteiger partial charge in [-0.1, -0.05) is 6.07 Å². The molecule has 0 bridgehead atoms. The van der Waals surface area contributed by atoms with Gasteiger partial charge in [0.1, 0.15) is 0 Å². The van der Waals surface area contributed by atoms with E-state index < -0.39 is 0 Å². The molecule has 0 saturated carbocycles. The number of hydrogen-bond donors (Lipinski definition) is 0. The van der Waals surface area contributed by atoms with E-state index in [9.17, 15) is 0 Å². The second-order valence-electron chi connectivity index (χ2n) is 5.41. The number of thiazole rings is 1. The smallest absolute Gasteiger partial charge is 0.185 e. The Morgan fingerprint density at radius 2 is 2.30 bits per heavy atom. The lowest BCUT2D eigenvalue weighted by atomic mass is 10.2. The van der Waals surface area contributed by atoms with E-state index in [4.69, 9.17) is 0 Å². The normalized spacial score (nSPS) is 20.3. The van der Waals surface area contributed by atoms with E-state index in [-0.39, 0.29) is 0 Å². The van der Waals surface area contributed by atoms with E-state index in [0.717, 1.165) is 37.0 Å². The summed E-state index contributed by atoms with van der Waals surface area (Å²) in [6, 6.07) is 4.66.